The minimum atomic E-state index is -0.660. The van der Waals surface area contributed by atoms with Gasteiger partial charge >= 0.3 is 0 Å². The topological polar surface area (TPSA) is 8.17 Å². The Kier molecular flexibility index (Phi) is 10.3. The quantitative estimate of drug-likeness (QED) is 0.148. The average molecular weight is 869 g/mol. The van der Waals surface area contributed by atoms with Gasteiger partial charge in [0.25, 0.3) is 0 Å². The maximum atomic E-state index is 4.87. The fourth-order valence-corrected chi connectivity index (χ4v) is 10.7. The van der Waals surface area contributed by atoms with E-state index in [9.17, 15) is 0 Å². The van der Waals surface area contributed by atoms with Gasteiger partial charge in [0.2, 0.25) is 0 Å². The lowest BCUT2D eigenvalue weighted by molar-refractivity contribution is 0.737. The number of aromatic nitrogens is 1. The fraction of sp³-hybridized carbons (Fsp3) is 0.0303. The van der Waals surface area contributed by atoms with Crippen LogP contribution in [0.1, 0.15) is 22.3 Å². The van der Waals surface area contributed by atoms with Gasteiger partial charge in [-0.05, 0) is 140 Å². The monoisotopic (exact) mass is 868 g/mol. The van der Waals surface area contributed by atoms with Crippen LogP contribution < -0.4 is 4.90 Å². The number of benzene rings is 10. The molecule has 0 saturated heterocycles. The molecule has 68 heavy (non-hydrogen) atoms. The van der Waals surface area contributed by atoms with Gasteiger partial charge in [-0.3, -0.25) is 0 Å². The van der Waals surface area contributed by atoms with Crippen LogP contribution in [0.25, 0.3) is 60.5 Å². The molecule has 0 radical (unpaired) electrons. The van der Waals surface area contributed by atoms with E-state index in [2.05, 4.69) is 276 Å². The second-order valence-corrected chi connectivity index (χ2v) is 17.8. The maximum Gasteiger partial charge on any atom is 0.0699 e. The number of hydrogen-bond acceptors (Lipinski definition) is 1. The Morgan fingerprint density at radius 2 is 1.00 bits per heavy atom. The van der Waals surface area contributed by atoms with Crippen molar-refractivity contribution in [3.05, 3.63) is 301 Å². The molecule has 322 valence electrons. The molecule has 0 aliphatic heterocycles. The van der Waals surface area contributed by atoms with Crippen LogP contribution in [0.3, 0.4) is 0 Å². The zero-order valence-electron chi connectivity index (χ0n) is 37.7. The van der Waals surface area contributed by atoms with Gasteiger partial charge in [-0.25, -0.2) is 0 Å². The van der Waals surface area contributed by atoms with Gasteiger partial charge in [-0.15, -0.1) is 0 Å². The molecule has 0 unspecified atom stereocenters. The van der Waals surface area contributed by atoms with Crippen molar-refractivity contribution in [2.24, 2.45) is 0 Å². The Morgan fingerprint density at radius 1 is 0.412 bits per heavy atom. The smallest absolute Gasteiger partial charge is 0.0699 e. The highest BCUT2D eigenvalue weighted by Gasteiger charge is 2.40. The standard InChI is InChI=1S/C66H48N2/c1-47-20-6-2-7-22-49-37-40-60(46-63(49)66(47,55-27-8-3-9-28-55)56-29-10-4-11-30-56)67(59-39-36-48-21-14-15-23-52(48)43-59)58-33-19-26-53(44-58)50-24-18-25-51(42-50)54-38-41-65-62(45-54)61-34-16-17-35-64(61)68(65)57-31-12-5-13-32-57/h2-21,23-46H,1,22H2/b7-2-,20-6-. The molecule has 0 N–H and O–H groups in total. The number of hydrogen-bond donors (Lipinski definition) is 0. The highest BCUT2D eigenvalue weighted by Crippen LogP contribution is 2.49. The van der Waals surface area contributed by atoms with Crippen LogP contribution in [0.15, 0.2) is 279 Å². The van der Waals surface area contributed by atoms with Crippen LogP contribution in [0.4, 0.5) is 17.1 Å². The minimum Gasteiger partial charge on any atom is -0.310 e. The van der Waals surface area contributed by atoms with E-state index in [1.165, 1.54) is 66.0 Å². The molecule has 0 bridgehead atoms. The predicted molar refractivity (Wildman–Crippen MR) is 288 cm³/mol. The molecule has 1 aliphatic rings. The van der Waals surface area contributed by atoms with E-state index in [1.54, 1.807) is 0 Å². The Morgan fingerprint density at radius 3 is 1.76 bits per heavy atom. The molecule has 12 rings (SSSR count). The van der Waals surface area contributed by atoms with Crippen molar-refractivity contribution in [1.82, 2.24) is 4.57 Å². The van der Waals surface area contributed by atoms with Crippen LogP contribution in [0, 0.1) is 0 Å². The van der Waals surface area contributed by atoms with Gasteiger partial charge in [0.05, 0.1) is 16.4 Å². The van der Waals surface area contributed by atoms with Crippen LogP contribution >= 0.6 is 0 Å². The lowest BCUT2D eigenvalue weighted by Crippen LogP contribution is -2.32. The number of fused-ring (bicyclic) bond motifs is 5. The zero-order valence-corrected chi connectivity index (χ0v) is 37.7. The summed E-state index contributed by atoms with van der Waals surface area (Å²) in [6.45, 7) is 4.87. The van der Waals surface area contributed by atoms with E-state index in [1.807, 2.05) is 0 Å². The summed E-state index contributed by atoms with van der Waals surface area (Å²) < 4.78 is 2.37. The minimum absolute atomic E-state index is 0.660. The number of para-hydroxylation sites is 2. The molecule has 1 aliphatic carbocycles. The van der Waals surface area contributed by atoms with Crippen molar-refractivity contribution in [2.75, 3.05) is 4.90 Å². The zero-order chi connectivity index (χ0) is 45.4. The molecule has 0 atom stereocenters. The van der Waals surface area contributed by atoms with Crippen molar-refractivity contribution in [2.45, 2.75) is 11.8 Å². The Hall–Kier alpha value is -8.72. The molecule has 1 heterocycles. The van der Waals surface area contributed by atoms with Gasteiger partial charge in [0, 0.05) is 33.5 Å². The van der Waals surface area contributed by atoms with Crippen LogP contribution in [0.5, 0.6) is 0 Å². The molecule has 0 amide bonds. The molecular formula is C66H48N2. The van der Waals surface area contributed by atoms with E-state index < -0.39 is 5.41 Å². The Balaban J connectivity index is 1.01. The largest absolute Gasteiger partial charge is 0.310 e. The molecule has 0 saturated carbocycles. The van der Waals surface area contributed by atoms with Gasteiger partial charge in [-0.2, -0.15) is 0 Å². The molecule has 10 aromatic carbocycles. The first-order chi connectivity index (χ1) is 33.6. The maximum absolute atomic E-state index is 4.87. The van der Waals surface area contributed by atoms with Gasteiger partial charge in [0.1, 0.15) is 0 Å². The van der Waals surface area contributed by atoms with Crippen molar-refractivity contribution < 1.29 is 0 Å². The summed E-state index contributed by atoms with van der Waals surface area (Å²) in [5.41, 5.74) is 16.7. The highest BCUT2D eigenvalue weighted by molar-refractivity contribution is 6.10. The Labute approximate surface area is 398 Å². The molecular weight excluding hydrogens is 821 g/mol. The van der Waals surface area contributed by atoms with Gasteiger partial charge in [0.15, 0.2) is 0 Å². The van der Waals surface area contributed by atoms with E-state index in [-0.39, 0.29) is 0 Å². The summed E-state index contributed by atoms with van der Waals surface area (Å²) in [6, 6.07) is 88.7. The van der Waals surface area contributed by atoms with Crippen molar-refractivity contribution in [3.8, 4) is 27.9 Å². The van der Waals surface area contributed by atoms with Crippen molar-refractivity contribution in [1.29, 1.82) is 0 Å². The third-order valence-corrected chi connectivity index (χ3v) is 13.8. The molecule has 2 nitrogen and oxygen atoms in total. The van der Waals surface area contributed by atoms with E-state index >= 15 is 0 Å². The van der Waals surface area contributed by atoms with E-state index in [4.69, 9.17) is 6.58 Å². The normalized spacial score (nSPS) is 14.2. The number of anilines is 3. The summed E-state index contributed by atoms with van der Waals surface area (Å²) in [5.74, 6) is 0. The summed E-state index contributed by atoms with van der Waals surface area (Å²) in [7, 11) is 0. The fourth-order valence-electron chi connectivity index (χ4n) is 10.7. The van der Waals surface area contributed by atoms with Crippen molar-refractivity contribution in [3.63, 3.8) is 0 Å². The second kappa shape index (κ2) is 17.3. The highest BCUT2D eigenvalue weighted by atomic mass is 15.1. The molecule has 0 fully saturated rings. The van der Waals surface area contributed by atoms with E-state index in [0.29, 0.717) is 0 Å². The first-order valence-corrected chi connectivity index (χ1v) is 23.5. The lowest BCUT2D eigenvalue weighted by Gasteiger charge is -2.39. The summed E-state index contributed by atoms with van der Waals surface area (Å²) in [6.07, 6.45) is 9.53. The van der Waals surface area contributed by atoms with E-state index in [0.717, 1.165) is 45.9 Å². The second-order valence-electron chi connectivity index (χ2n) is 17.8. The Bertz CT molecular complexity index is 3690. The van der Waals surface area contributed by atoms with Crippen LogP contribution in [-0.4, -0.2) is 4.57 Å². The van der Waals surface area contributed by atoms with Crippen LogP contribution in [-0.2, 0) is 11.8 Å². The summed E-state index contributed by atoms with van der Waals surface area (Å²) in [5, 5.41) is 4.89. The lowest BCUT2D eigenvalue weighted by atomic mass is 9.63. The first kappa shape index (κ1) is 40.8. The molecule has 11 aromatic rings. The third kappa shape index (κ3) is 7.06. The number of rotatable bonds is 8. The first-order valence-electron chi connectivity index (χ1n) is 23.5. The molecule has 1 aromatic heterocycles. The SMILES string of the molecule is C=C1/C=C\C=C/Cc2ccc(N(c3cccc(-c4cccc(-c5ccc6c(c5)c5ccccc5n6-c5ccccc5)c4)c3)c3ccc4ccccc4c3)cc2C1(c1ccccc1)c1ccccc1. The summed E-state index contributed by atoms with van der Waals surface area (Å²) in [4.78, 5) is 2.43. The number of allylic oxidation sites excluding steroid dienone is 5. The van der Waals surface area contributed by atoms with Gasteiger partial charge < -0.3 is 9.47 Å². The third-order valence-electron chi connectivity index (χ3n) is 13.8. The average Bonchev–Trinajstić information content (AvgIpc) is 3.76. The molecule has 0 spiro atoms. The number of nitrogens with zero attached hydrogens (tertiary/aromatic N) is 2. The van der Waals surface area contributed by atoms with Crippen LogP contribution in [0.2, 0.25) is 0 Å². The van der Waals surface area contributed by atoms with Crippen molar-refractivity contribution >= 4 is 49.6 Å². The van der Waals surface area contributed by atoms with Gasteiger partial charge in [-0.1, -0.05) is 201 Å². The molecule has 2 heteroatoms. The summed E-state index contributed by atoms with van der Waals surface area (Å²) >= 11 is 0. The predicted octanol–water partition coefficient (Wildman–Crippen LogP) is 17.3.